The van der Waals surface area contributed by atoms with Crippen molar-refractivity contribution in [3.63, 3.8) is 0 Å². The third kappa shape index (κ3) is 4.62. The first-order valence-corrected chi connectivity index (χ1v) is 9.05. The second kappa shape index (κ2) is 8.46. The lowest BCUT2D eigenvalue weighted by Gasteiger charge is -2.11. The average molecular weight is 388 g/mol. The first-order chi connectivity index (χ1) is 13.0. The van der Waals surface area contributed by atoms with E-state index in [0.717, 1.165) is 18.5 Å². The molecule has 1 aliphatic heterocycles. The van der Waals surface area contributed by atoms with Crippen LogP contribution in [0.4, 0.5) is 0 Å². The highest BCUT2D eigenvalue weighted by Gasteiger charge is 2.27. The van der Waals surface area contributed by atoms with Crippen molar-refractivity contribution in [2.45, 2.75) is 6.42 Å². The van der Waals surface area contributed by atoms with Gasteiger partial charge in [-0.1, -0.05) is 17.7 Å². The van der Waals surface area contributed by atoms with Crippen LogP contribution in [-0.4, -0.2) is 45.0 Å². The van der Waals surface area contributed by atoms with Gasteiger partial charge in [-0.3, -0.25) is 4.79 Å². The van der Waals surface area contributed by atoms with Gasteiger partial charge in [0, 0.05) is 12.6 Å². The summed E-state index contributed by atoms with van der Waals surface area (Å²) >= 11 is 6.31. The van der Waals surface area contributed by atoms with Crippen molar-refractivity contribution in [1.82, 2.24) is 4.90 Å². The highest BCUT2D eigenvalue weighted by Crippen LogP contribution is 2.35. The lowest BCUT2D eigenvalue weighted by Crippen LogP contribution is -2.15. The summed E-state index contributed by atoms with van der Waals surface area (Å²) in [6, 6.07) is 10.6. The maximum absolute atomic E-state index is 12.5. The Morgan fingerprint density at radius 2 is 2.00 bits per heavy atom. The van der Waals surface area contributed by atoms with E-state index in [1.807, 2.05) is 20.2 Å². The number of allylic oxidation sites excluding steroid dienone is 1. The molecule has 0 N–H and O–H groups in total. The number of ether oxygens (including phenoxy) is 3. The normalized spacial score (nSPS) is 14.4. The van der Waals surface area contributed by atoms with E-state index in [0.29, 0.717) is 34.4 Å². The fourth-order valence-electron chi connectivity index (χ4n) is 2.73. The molecule has 1 heterocycles. The number of carbonyl (C=O) groups excluding carboxylic acids is 1. The number of methoxy groups -OCH3 is 1. The van der Waals surface area contributed by atoms with Gasteiger partial charge in [-0.05, 0) is 56.4 Å². The summed E-state index contributed by atoms with van der Waals surface area (Å²) in [5.41, 5.74) is 1.29. The minimum Gasteiger partial charge on any atom is -0.497 e. The van der Waals surface area contributed by atoms with E-state index in [2.05, 4.69) is 4.90 Å². The summed E-state index contributed by atoms with van der Waals surface area (Å²) < 4.78 is 16.6. The van der Waals surface area contributed by atoms with Crippen LogP contribution in [0.3, 0.4) is 0 Å². The molecular weight excluding hydrogens is 366 g/mol. The Bertz CT molecular complexity index is 876. The number of carbonyl (C=O) groups is 1. The molecule has 6 heteroatoms. The molecule has 2 aromatic carbocycles. The standard InChI is InChI=1S/C21H22ClNO4/c1-23(2)9-4-10-26-18-8-5-14(11-17(18)22)12-20-21(24)16-7-6-15(25-3)13-19(16)27-20/h5-8,11-13H,4,9-10H2,1-3H3/b20-12-. The molecule has 0 atom stereocenters. The van der Waals surface area contributed by atoms with Crippen LogP contribution in [0, 0.1) is 0 Å². The van der Waals surface area contributed by atoms with Crippen molar-refractivity contribution < 1.29 is 19.0 Å². The van der Waals surface area contributed by atoms with E-state index in [-0.39, 0.29) is 11.5 Å². The quantitative estimate of drug-likeness (QED) is 0.523. The van der Waals surface area contributed by atoms with Gasteiger partial charge >= 0.3 is 0 Å². The minimum absolute atomic E-state index is 0.159. The Kier molecular flexibility index (Phi) is 6.04. The smallest absolute Gasteiger partial charge is 0.231 e. The molecule has 0 saturated heterocycles. The van der Waals surface area contributed by atoms with Crippen LogP contribution in [0.2, 0.25) is 5.02 Å². The Morgan fingerprint density at radius 1 is 1.19 bits per heavy atom. The van der Waals surface area contributed by atoms with Crippen LogP contribution in [0.1, 0.15) is 22.3 Å². The van der Waals surface area contributed by atoms with Crippen molar-refractivity contribution in [3.05, 3.63) is 58.3 Å². The lowest BCUT2D eigenvalue weighted by atomic mass is 10.1. The van der Waals surface area contributed by atoms with Gasteiger partial charge in [-0.2, -0.15) is 0 Å². The molecule has 142 valence electrons. The fraction of sp³-hybridized carbons (Fsp3) is 0.286. The molecule has 27 heavy (non-hydrogen) atoms. The molecule has 3 rings (SSSR count). The number of rotatable bonds is 7. The summed E-state index contributed by atoms with van der Waals surface area (Å²) in [6.07, 6.45) is 2.59. The van der Waals surface area contributed by atoms with Crippen molar-refractivity contribution >= 4 is 23.5 Å². The molecule has 2 aromatic rings. The first-order valence-electron chi connectivity index (χ1n) is 8.67. The van der Waals surface area contributed by atoms with Crippen LogP contribution >= 0.6 is 11.6 Å². The molecule has 0 amide bonds. The van der Waals surface area contributed by atoms with E-state index in [9.17, 15) is 4.79 Å². The third-order valence-electron chi connectivity index (χ3n) is 4.14. The minimum atomic E-state index is -0.159. The molecule has 0 bridgehead atoms. The summed E-state index contributed by atoms with van der Waals surface area (Å²) in [6.45, 7) is 1.55. The van der Waals surface area contributed by atoms with E-state index < -0.39 is 0 Å². The average Bonchev–Trinajstić information content (AvgIpc) is 2.95. The molecule has 0 unspecified atom stereocenters. The zero-order valence-corrected chi connectivity index (χ0v) is 16.4. The summed E-state index contributed by atoms with van der Waals surface area (Å²) in [5, 5.41) is 0.499. The van der Waals surface area contributed by atoms with Crippen molar-refractivity contribution in [1.29, 1.82) is 0 Å². The van der Waals surface area contributed by atoms with E-state index in [1.165, 1.54) is 0 Å². The number of ketones is 1. The van der Waals surface area contributed by atoms with Crippen molar-refractivity contribution in [2.75, 3.05) is 34.4 Å². The molecule has 0 aliphatic carbocycles. The molecule has 0 fully saturated rings. The molecule has 0 radical (unpaired) electrons. The molecular formula is C21H22ClNO4. The molecule has 0 aromatic heterocycles. The van der Waals surface area contributed by atoms with Gasteiger partial charge in [0.2, 0.25) is 5.78 Å². The number of Topliss-reactive ketones (excluding diaryl/α,β-unsaturated/α-hetero) is 1. The van der Waals surface area contributed by atoms with Gasteiger partial charge in [0.15, 0.2) is 5.76 Å². The number of nitrogens with zero attached hydrogens (tertiary/aromatic N) is 1. The molecule has 1 aliphatic rings. The topological polar surface area (TPSA) is 48.0 Å². The SMILES string of the molecule is COc1ccc2c(c1)O/C(=C\c1ccc(OCCCN(C)C)c(Cl)c1)C2=O. The molecule has 0 spiro atoms. The maximum Gasteiger partial charge on any atom is 0.231 e. The largest absolute Gasteiger partial charge is 0.497 e. The predicted octanol–water partition coefficient (Wildman–Crippen LogP) is 4.30. The van der Waals surface area contributed by atoms with Gasteiger partial charge in [0.05, 0.1) is 24.3 Å². The molecule has 0 saturated carbocycles. The lowest BCUT2D eigenvalue weighted by molar-refractivity contribution is 0.101. The van der Waals surface area contributed by atoms with E-state index in [4.69, 9.17) is 25.8 Å². The summed E-state index contributed by atoms with van der Waals surface area (Å²) in [5.74, 6) is 1.87. The Hall–Kier alpha value is -2.50. The second-order valence-corrected chi connectivity index (χ2v) is 6.90. The fourth-order valence-corrected chi connectivity index (χ4v) is 2.98. The Balaban J connectivity index is 1.70. The van der Waals surface area contributed by atoms with Crippen LogP contribution in [-0.2, 0) is 0 Å². The van der Waals surface area contributed by atoms with Crippen LogP contribution in [0.5, 0.6) is 17.2 Å². The van der Waals surface area contributed by atoms with E-state index >= 15 is 0 Å². The van der Waals surface area contributed by atoms with Crippen molar-refractivity contribution in [3.8, 4) is 17.2 Å². The first kappa shape index (κ1) is 19.3. The number of benzene rings is 2. The zero-order valence-electron chi connectivity index (χ0n) is 15.6. The monoisotopic (exact) mass is 387 g/mol. The van der Waals surface area contributed by atoms with Gasteiger partial charge in [-0.25, -0.2) is 0 Å². The van der Waals surface area contributed by atoms with Crippen molar-refractivity contribution in [2.24, 2.45) is 0 Å². The van der Waals surface area contributed by atoms with Gasteiger partial charge in [-0.15, -0.1) is 0 Å². The third-order valence-corrected chi connectivity index (χ3v) is 4.43. The summed E-state index contributed by atoms with van der Waals surface area (Å²) in [7, 11) is 5.62. The maximum atomic E-state index is 12.5. The van der Waals surface area contributed by atoms with Crippen LogP contribution < -0.4 is 14.2 Å². The molecule has 5 nitrogen and oxygen atoms in total. The Labute approximate surface area is 164 Å². The van der Waals surface area contributed by atoms with Gasteiger partial charge in [0.25, 0.3) is 0 Å². The Morgan fingerprint density at radius 3 is 2.70 bits per heavy atom. The summed E-state index contributed by atoms with van der Waals surface area (Å²) in [4.78, 5) is 14.6. The zero-order chi connectivity index (χ0) is 19.4. The number of hydrogen-bond donors (Lipinski definition) is 0. The number of hydrogen-bond acceptors (Lipinski definition) is 5. The highest BCUT2D eigenvalue weighted by molar-refractivity contribution is 6.32. The van der Waals surface area contributed by atoms with Crippen LogP contribution in [0.15, 0.2) is 42.2 Å². The van der Waals surface area contributed by atoms with Gasteiger partial charge in [0.1, 0.15) is 17.2 Å². The predicted molar refractivity (Wildman–Crippen MR) is 106 cm³/mol. The highest BCUT2D eigenvalue weighted by atomic mass is 35.5. The number of fused-ring (bicyclic) bond motifs is 1. The van der Waals surface area contributed by atoms with E-state index in [1.54, 1.807) is 43.5 Å². The number of halogens is 1. The van der Waals surface area contributed by atoms with Crippen LogP contribution in [0.25, 0.3) is 6.08 Å². The van der Waals surface area contributed by atoms with Gasteiger partial charge < -0.3 is 19.1 Å². The second-order valence-electron chi connectivity index (χ2n) is 6.50.